The number of hydrogen-bond donors (Lipinski definition) is 3. The summed E-state index contributed by atoms with van der Waals surface area (Å²) >= 11 is 0.847. The summed E-state index contributed by atoms with van der Waals surface area (Å²) in [5, 5.41) is 5.35. The van der Waals surface area contributed by atoms with Gasteiger partial charge in [0.15, 0.2) is 0 Å². The van der Waals surface area contributed by atoms with Crippen molar-refractivity contribution in [1.82, 2.24) is 10.0 Å². The first-order chi connectivity index (χ1) is 14.5. The van der Waals surface area contributed by atoms with Crippen LogP contribution < -0.4 is 15.4 Å². The van der Waals surface area contributed by atoms with Crippen molar-refractivity contribution in [1.29, 1.82) is 0 Å². The minimum Gasteiger partial charge on any atom is -0.443 e. The molecule has 0 fully saturated rings. The van der Waals surface area contributed by atoms with E-state index in [9.17, 15) is 18.8 Å². The lowest BCUT2D eigenvalue weighted by Gasteiger charge is -2.25. The Morgan fingerprint density at radius 2 is 1.87 bits per heavy atom. The zero-order valence-corrected chi connectivity index (χ0v) is 19.7. The number of carbonyl (C=O) groups excluding carboxylic acids is 3. The normalized spacial score (nSPS) is 13.1. The second-order valence-corrected chi connectivity index (χ2v) is 8.73. The van der Waals surface area contributed by atoms with Crippen molar-refractivity contribution in [2.75, 3.05) is 24.8 Å². The fourth-order valence-corrected chi connectivity index (χ4v) is 3.03. The molecule has 1 rings (SSSR count). The van der Waals surface area contributed by atoms with Gasteiger partial charge in [-0.25, -0.2) is 9.18 Å². The summed E-state index contributed by atoms with van der Waals surface area (Å²) in [4.78, 5) is 35.4. The van der Waals surface area contributed by atoms with Crippen molar-refractivity contribution in [3.8, 4) is 0 Å². The fourth-order valence-electron chi connectivity index (χ4n) is 2.59. The Bertz CT molecular complexity index is 770. The molecule has 0 bridgehead atoms. The van der Waals surface area contributed by atoms with Crippen molar-refractivity contribution in [3.05, 3.63) is 29.6 Å². The van der Waals surface area contributed by atoms with Gasteiger partial charge in [0.05, 0.1) is 24.1 Å². The van der Waals surface area contributed by atoms with Gasteiger partial charge in [0.2, 0.25) is 11.8 Å². The van der Waals surface area contributed by atoms with Crippen molar-refractivity contribution < 1.29 is 28.2 Å². The molecule has 10 heteroatoms. The Balaban J connectivity index is 2.67. The maximum Gasteiger partial charge on any atom is 0.417 e. The second-order valence-electron chi connectivity index (χ2n) is 7.95. The minimum absolute atomic E-state index is 0.0275. The molecule has 0 saturated carbocycles. The van der Waals surface area contributed by atoms with Gasteiger partial charge < -0.3 is 20.1 Å². The lowest BCUT2D eigenvalue weighted by molar-refractivity contribution is -0.122. The van der Waals surface area contributed by atoms with E-state index in [1.54, 1.807) is 33.8 Å². The summed E-state index contributed by atoms with van der Waals surface area (Å²) in [6, 6.07) is 4.17. The fraction of sp³-hybridized carbons (Fsp3) is 0.571. The van der Waals surface area contributed by atoms with Gasteiger partial charge in [0, 0.05) is 19.4 Å². The summed E-state index contributed by atoms with van der Waals surface area (Å²) in [6.07, 6.45) is -0.317. The van der Waals surface area contributed by atoms with Crippen LogP contribution in [0.1, 0.15) is 52.5 Å². The number of amides is 3. The molecule has 0 radical (unpaired) electrons. The molecule has 0 aliphatic rings. The summed E-state index contributed by atoms with van der Waals surface area (Å²) in [6.45, 7) is 9.09. The molecule has 0 aliphatic heterocycles. The molecular weight excluding hydrogens is 425 g/mol. The largest absolute Gasteiger partial charge is 0.443 e. The average molecular weight is 458 g/mol. The number of ether oxygens (including phenoxy) is 2. The molecular formula is C21H32FN3O5S. The number of halogens is 1. The first-order valence-corrected chi connectivity index (χ1v) is 10.9. The molecule has 31 heavy (non-hydrogen) atoms. The Kier molecular flexibility index (Phi) is 10.8. The van der Waals surface area contributed by atoms with Gasteiger partial charge in [-0.3, -0.25) is 14.3 Å². The van der Waals surface area contributed by atoms with Crippen LogP contribution in [0.3, 0.4) is 0 Å². The highest BCUT2D eigenvalue weighted by atomic mass is 32.2. The minimum atomic E-state index is -0.657. The Labute approximate surface area is 187 Å². The van der Waals surface area contributed by atoms with Crippen LogP contribution in [0.5, 0.6) is 0 Å². The molecule has 3 amide bonds. The van der Waals surface area contributed by atoms with Crippen LogP contribution in [0.2, 0.25) is 0 Å². The van der Waals surface area contributed by atoms with E-state index < -0.39 is 23.4 Å². The predicted octanol–water partition coefficient (Wildman–Crippen LogP) is 3.58. The maximum atomic E-state index is 14.6. The van der Waals surface area contributed by atoms with Gasteiger partial charge in [-0.15, -0.1) is 0 Å². The predicted molar refractivity (Wildman–Crippen MR) is 119 cm³/mol. The van der Waals surface area contributed by atoms with E-state index in [2.05, 4.69) is 15.4 Å². The lowest BCUT2D eigenvalue weighted by Crippen LogP contribution is -2.41. The van der Waals surface area contributed by atoms with Crippen LogP contribution in [0, 0.1) is 5.82 Å². The Morgan fingerprint density at radius 1 is 1.19 bits per heavy atom. The Morgan fingerprint density at radius 3 is 2.42 bits per heavy atom. The molecule has 174 valence electrons. The third-order valence-corrected chi connectivity index (χ3v) is 4.89. The number of anilines is 1. The molecule has 0 unspecified atom stereocenters. The van der Waals surface area contributed by atoms with E-state index in [1.165, 1.54) is 19.2 Å². The molecule has 0 aromatic heterocycles. The summed E-state index contributed by atoms with van der Waals surface area (Å²) in [5.41, 5.74) is 0.0471. The zero-order chi connectivity index (χ0) is 23.6. The quantitative estimate of drug-likeness (QED) is 0.464. The van der Waals surface area contributed by atoms with Gasteiger partial charge in [-0.05, 0) is 50.4 Å². The molecule has 2 atom stereocenters. The van der Waals surface area contributed by atoms with E-state index in [-0.39, 0.29) is 35.9 Å². The molecule has 3 N–H and O–H groups in total. The number of rotatable bonds is 10. The van der Waals surface area contributed by atoms with Crippen LogP contribution in [0.15, 0.2) is 18.2 Å². The molecule has 0 spiro atoms. The van der Waals surface area contributed by atoms with E-state index in [1.807, 2.05) is 6.92 Å². The van der Waals surface area contributed by atoms with Crippen molar-refractivity contribution >= 4 is 35.5 Å². The highest BCUT2D eigenvalue weighted by molar-refractivity contribution is 7.98. The monoisotopic (exact) mass is 457 g/mol. The van der Waals surface area contributed by atoms with Gasteiger partial charge in [-0.1, -0.05) is 19.9 Å². The molecule has 0 heterocycles. The summed E-state index contributed by atoms with van der Waals surface area (Å²) in [7, 11) is 1.53. The van der Waals surface area contributed by atoms with Crippen LogP contribution in [-0.4, -0.2) is 49.0 Å². The first-order valence-electron chi connectivity index (χ1n) is 9.95. The number of nitrogens with one attached hydrogen (secondary N) is 3. The molecule has 0 saturated heterocycles. The van der Waals surface area contributed by atoms with Gasteiger partial charge in [-0.2, -0.15) is 0 Å². The maximum absolute atomic E-state index is 14.6. The van der Waals surface area contributed by atoms with Gasteiger partial charge in [0.1, 0.15) is 11.4 Å². The zero-order valence-electron chi connectivity index (χ0n) is 18.8. The standard InChI is InChI=1S/C21H32FN3O5S/c1-7-18(26)24-17(11-29-6)13(2)14-8-9-16(15(22)10-14)23-19(27)12-31-25-20(28)30-21(3,4)5/h8-10,13,17H,7,11-12H2,1-6H3,(H,23,27)(H,24,26)(H,25,28)/t13-,17-/m0/s1. The third kappa shape index (κ3) is 10.0. The SMILES string of the molecule is CCC(=O)N[C@@H](COC)[C@@H](C)c1ccc(NC(=O)CSNC(=O)OC(C)(C)C)c(F)c1. The molecule has 8 nitrogen and oxygen atoms in total. The topological polar surface area (TPSA) is 106 Å². The van der Waals surface area contributed by atoms with E-state index >= 15 is 0 Å². The summed E-state index contributed by atoms with van der Waals surface area (Å²) in [5.74, 6) is -1.51. The average Bonchev–Trinajstić information content (AvgIpc) is 2.67. The molecule has 1 aromatic carbocycles. The van der Waals surface area contributed by atoms with Crippen molar-refractivity contribution in [3.63, 3.8) is 0 Å². The number of hydrogen-bond acceptors (Lipinski definition) is 6. The van der Waals surface area contributed by atoms with E-state index in [0.717, 1.165) is 11.9 Å². The van der Waals surface area contributed by atoms with E-state index in [4.69, 9.17) is 9.47 Å². The van der Waals surface area contributed by atoms with Crippen LogP contribution >= 0.6 is 11.9 Å². The lowest BCUT2D eigenvalue weighted by atomic mass is 9.93. The highest BCUT2D eigenvalue weighted by Crippen LogP contribution is 2.24. The van der Waals surface area contributed by atoms with Crippen LogP contribution in [0.25, 0.3) is 0 Å². The number of carbonyl (C=O) groups is 3. The smallest absolute Gasteiger partial charge is 0.417 e. The molecule has 1 aromatic rings. The highest BCUT2D eigenvalue weighted by Gasteiger charge is 2.22. The number of benzene rings is 1. The van der Waals surface area contributed by atoms with Crippen molar-refractivity contribution in [2.45, 2.75) is 58.6 Å². The summed E-state index contributed by atoms with van der Waals surface area (Å²) < 4.78 is 27.2. The van der Waals surface area contributed by atoms with Gasteiger partial charge >= 0.3 is 6.09 Å². The molecule has 0 aliphatic carbocycles. The second kappa shape index (κ2) is 12.5. The van der Waals surface area contributed by atoms with Crippen LogP contribution in [0.4, 0.5) is 14.9 Å². The van der Waals surface area contributed by atoms with Crippen molar-refractivity contribution in [2.24, 2.45) is 0 Å². The Hall–Kier alpha value is -2.33. The number of methoxy groups -OCH3 is 1. The van der Waals surface area contributed by atoms with Gasteiger partial charge in [0.25, 0.3) is 0 Å². The third-order valence-electron chi connectivity index (χ3n) is 4.17. The first kappa shape index (κ1) is 26.7. The van der Waals surface area contributed by atoms with Crippen LogP contribution in [-0.2, 0) is 19.1 Å². The van der Waals surface area contributed by atoms with E-state index in [0.29, 0.717) is 12.0 Å².